The molecule has 0 aliphatic heterocycles. The highest BCUT2D eigenvalue weighted by atomic mass is 16.5. The van der Waals surface area contributed by atoms with Crippen molar-refractivity contribution in [2.75, 3.05) is 7.05 Å². The molecule has 3 heteroatoms. The predicted octanol–water partition coefficient (Wildman–Crippen LogP) is 2.00. The Hall–Kier alpha value is -1.32. The Morgan fingerprint density at radius 2 is 2.07 bits per heavy atom. The fraction of sp³-hybridized carbons (Fsp3) is 0.273. The molecule has 0 fully saturated rings. The molecule has 1 aromatic carbocycles. The van der Waals surface area contributed by atoms with Gasteiger partial charge in [0.1, 0.15) is 0 Å². The fourth-order valence-electron chi connectivity index (χ4n) is 1.80. The van der Waals surface area contributed by atoms with Gasteiger partial charge in [0, 0.05) is 31.2 Å². The van der Waals surface area contributed by atoms with Crippen LogP contribution in [0.15, 0.2) is 30.5 Å². The van der Waals surface area contributed by atoms with Crippen LogP contribution in [0.1, 0.15) is 5.56 Å². The molecule has 0 saturated carbocycles. The number of nitrogens with zero attached hydrogens (tertiary/aromatic N) is 2. The normalized spacial score (nSPS) is 11.4. The Morgan fingerprint density at radius 1 is 1.36 bits per heavy atom. The first-order valence-electron chi connectivity index (χ1n) is 4.61. The van der Waals surface area contributed by atoms with E-state index in [0.29, 0.717) is 6.54 Å². The maximum atomic E-state index is 9.20. The van der Waals surface area contributed by atoms with Gasteiger partial charge in [0.2, 0.25) is 0 Å². The van der Waals surface area contributed by atoms with Gasteiger partial charge in [0.25, 0.3) is 0 Å². The average molecular weight is 190 g/mol. The summed E-state index contributed by atoms with van der Waals surface area (Å²) in [5, 5.41) is 11.6. The van der Waals surface area contributed by atoms with Gasteiger partial charge in [-0.3, -0.25) is 0 Å². The number of hydrogen-bond donors (Lipinski definition) is 1. The molecule has 0 atom stereocenters. The van der Waals surface area contributed by atoms with Gasteiger partial charge in [0.15, 0.2) is 0 Å². The summed E-state index contributed by atoms with van der Waals surface area (Å²) in [6.07, 6.45) is 2.05. The molecule has 2 aromatic rings. The van der Waals surface area contributed by atoms with E-state index in [1.807, 2.05) is 19.2 Å². The van der Waals surface area contributed by atoms with Crippen LogP contribution in [0.4, 0.5) is 0 Å². The lowest BCUT2D eigenvalue weighted by Crippen LogP contribution is -2.11. The molecule has 0 saturated heterocycles. The minimum Gasteiger partial charge on any atom is -0.350 e. The molecular weight excluding hydrogens is 176 g/mol. The predicted molar refractivity (Wildman–Crippen MR) is 56.2 cm³/mol. The van der Waals surface area contributed by atoms with Crippen molar-refractivity contribution in [1.82, 2.24) is 9.63 Å². The van der Waals surface area contributed by atoms with Crippen molar-refractivity contribution in [3.8, 4) is 0 Å². The quantitative estimate of drug-likeness (QED) is 0.734. The van der Waals surface area contributed by atoms with E-state index in [1.54, 1.807) is 7.05 Å². The van der Waals surface area contributed by atoms with Crippen molar-refractivity contribution in [2.45, 2.75) is 6.54 Å². The Kier molecular flexibility index (Phi) is 2.27. The van der Waals surface area contributed by atoms with Crippen LogP contribution in [0, 0.1) is 0 Å². The number of benzene rings is 1. The first kappa shape index (κ1) is 9.24. The van der Waals surface area contributed by atoms with Crippen LogP contribution in [0.3, 0.4) is 0 Å². The largest absolute Gasteiger partial charge is 0.350 e. The molecule has 1 aromatic heterocycles. The highest BCUT2D eigenvalue weighted by Crippen LogP contribution is 2.20. The zero-order valence-electron chi connectivity index (χ0n) is 8.44. The SMILES string of the molecule is CN(O)Cc1cn(C)c2ccccc12. The standard InChI is InChI=1S/C11H14N2O/c1-12-7-9(8-13(2)14)10-5-3-4-6-11(10)12/h3-7,14H,8H2,1-2H3. The lowest BCUT2D eigenvalue weighted by molar-refractivity contribution is -0.0728. The molecule has 3 nitrogen and oxygen atoms in total. The van der Waals surface area contributed by atoms with E-state index >= 15 is 0 Å². The summed E-state index contributed by atoms with van der Waals surface area (Å²) in [5.74, 6) is 0. The molecular formula is C11H14N2O. The lowest BCUT2D eigenvalue weighted by Gasteiger charge is -2.05. The molecule has 1 N–H and O–H groups in total. The van der Waals surface area contributed by atoms with Gasteiger partial charge in [-0.1, -0.05) is 18.2 Å². The van der Waals surface area contributed by atoms with Crippen molar-refractivity contribution >= 4 is 10.9 Å². The Morgan fingerprint density at radius 3 is 2.79 bits per heavy atom. The van der Waals surface area contributed by atoms with E-state index in [-0.39, 0.29) is 0 Å². The summed E-state index contributed by atoms with van der Waals surface area (Å²) in [6, 6.07) is 8.20. The zero-order valence-corrected chi connectivity index (χ0v) is 8.44. The first-order valence-corrected chi connectivity index (χ1v) is 4.61. The van der Waals surface area contributed by atoms with Crippen molar-refractivity contribution < 1.29 is 5.21 Å². The van der Waals surface area contributed by atoms with E-state index < -0.39 is 0 Å². The van der Waals surface area contributed by atoms with Gasteiger partial charge < -0.3 is 9.77 Å². The summed E-state index contributed by atoms with van der Waals surface area (Å²) in [5.41, 5.74) is 2.34. The molecule has 0 unspecified atom stereocenters. The maximum absolute atomic E-state index is 9.20. The minimum absolute atomic E-state index is 0.557. The third-order valence-corrected chi connectivity index (χ3v) is 2.38. The molecule has 0 aliphatic rings. The van der Waals surface area contributed by atoms with E-state index in [1.165, 1.54) is 16.0 Å². The smallest absolute Gasteiger partial charge is 0.0506 e. The number of rotatable bonds is 2. The van der Waals surface area contributed by atoms with Crippen molar-refractivity contribution in [2.24, 2.45) is 7.05 Å². The number of fused-ring (bicyclic) bond motifs is 1. The molecule has 0 aliphatic carbocycles. The molecule has 0 spiro atoms. The second-order valence-electron chi connectivity index (χ2n) is 3.60. The van der Waals surface area contributed by atoms with E-state index in [0.717, 1.165) is 5.56 Å². The second-order valence-corrected chi connectivity index (χ2v) is 3.60. The van der Waals surface area contributed by atoms with E-state index in [9.17, 15) is 5.21 Å². The van der Waals surface area contributed by atoms with Crippen LogP contribution in [0.25, 0.3) is 10.9 Å². The molecule has 0 amide bonds. The van der Waals surface area contributed by atoms with Crippen LogP contribution >= 0.6 is 0 Å². The monoisotopic (exact) mass is 190 g/mol. The minimum atomic E-state index is 0.557. The van der Waals surface area contributed by atoms with Crippen LogP contribution in [-0.2, 0) is 13.6 Å². The summed E-state index contributed by atoms with van der Waals surface area (Å²) in [7, 11) is 3.67. The van der Waals surface area contributed by atoms with Crippen molar-refractivity contribution in [1.29, 1.82) is 0 Å². The molecule has 14 heavy (non-hydrogen) atoms. The van der Waals surface area contributed by atoms with Gasteiger partial charge in [-0.25, -0.2) is 0 Å². The Balaban J connectivity index is 2.55. The summed E-state index contributed by atoms with van der Waals surface area (Å²) in [6.45, 7) is 0.557. The van der Waals surface area contributed by atoms with Crippen LogP contribution in [0.2, 0.25) is 0 Å². The van der Waals surface area contributed by atoms with Gasteiger partial charge in [0.05, 0.1) is 6.54 Å². The zero-order chi connectivity index (χ0) is 10.1. The van der Waals surface area contributed by atoms with E-state index in [4.69, 9.17) is 0 Å². The van der Waals surface area contributed by atoms with Crippen LogP contribution < -0.4 is 0 Å². The maximum Gasteiger partial charge on any atom is 0.0506 e. The Bertz CT molecular complexity index is 445. The first-order chi connectivity index (χ1) is 6.68. The molecule has 1 heterocycles. The van der Waals surface area contributed by atoms with Gasteiger partial charge in [-0.05, 0) is 11.6 Å². The molecule has 74 valence electrons. The van der Waals surface area contributed by atoms with Crippen molar-refractivity contribution in [3.05, 3.63) is 36.0 Å². The third-order valence-electron chi connectivity index (χ3n) is 2.38. The summed E-state index contributed by atoms with van der Waals surface area (Å²) in [4.78, 5) is 0. The van der Waals surface area contributed by atoms with E-state index in [2.05, 4.69) is 22.9 Å². The number of hydrogen-bond acceptors (Lipinski definition) is 2. The number of aryl methyl sites for hydroxylation is 1. The van der Waals surface area contributed by atoms with Gasteiger partial charge >= 0.3 is 0 Å². The molecule has 2 rings (SSSR count). The molecule has 0 bridgehead atoms. The van der Waals surface area contributed by atoms with Gasteiger partial charge in [-0.15, -0.1) is 0 Å². The second kappa shape index (κ2) is 3.44. The average Bonchev–Trinajstić information content (AvgIpc) is 2.44. The highest BCUT2D eigenvalue weighted by Gasteiger charge is 2.06. The summed E-state index contributed by atoms with van der Waals surface area (Å²) < 4.78 is 2.08. The third kappa shape index (κ3) is 1.52. The molecule has 0 radical (unpaired) electrons. The van der Waals surface area contributed by atoms with Crippen LogP contribution in [0.5, 0.6) is 0 Å². The Labute approximate surface area is 83.1 Å². The van der Waals surface area contributed by atoms with Crippen LogP contribution in [-0.4, -0.2) is 21.9 Å². The lowest BCUT2D eigenvalue weighted by atomic mass is 10.2. The fourth-order valence-corrected chi connectivity index (χ4v) is 1.80. The number of para-hydroxylation sites is 1. The number of hydroxylamine groups is 2. The topological polar surface area (TPSA) is 28.4 Å². The van der Waals surface area contributed by atoms with Gasteiger partial charge in [-0.2, -0.15) is 5.06 Å². The summed E-state index contributed by atoms with van der Waals surface area (Å²) >= 11 is 0. The number of aromatic nitrogens is 1. The highest BCUT2D eigenvalue weighted by molar-refractivity contribution is 5.83. The van der Waals surface area contributed by atoms with Crippen molar-refractivity contribution in [3.63, 3.8) is 0 Å².